The third kappa shape index (κ3) is 5.04. The van der Waals surface area contributed by atoms with E-state index in [1.54, 1.807) is 18.2 Å². The number of hydrogen-bond donors (Lipinski definition) is 1. The van der Waals surface area contributed by atoms with Crippen LogP contribution in [0, 0.1) is 0 Å². The number of carbonyl (C=O) groups excluding carboxylic acids is 1. The van der Waals surface area contributed by atoms with E-state index in [4.69, 9.17) is 20.8 Å². The second-order valence-electron chi connectivity index (χ2n) is 8.31. The van der Waals surface area contributed by atoms with E-state index in [0.29, 0.717) is 41.7 Å². The Labute approximate surface area is 192 Å². The molecule has 0 bridgehead atoms. The molecule has 0 spiro atoms. The summed E-state index contributed by atoms with van der Waals surface area (Å²) in [6.45, 7) is 7.63. The number of amides is 1. The second kappa shape index (κ2) is 9.86. The first-order valence-electron chi connectivity index (χ1n) is 10.9. The number of morpholine rings is 1. The van der Waals surface area contributed by atoms with Gasteiger partial charge in [0.25, 0.3) is 5.91 Å². The molecule has 1 fully saturated rings. The number of carbonyl (C=O) groups is 1. The predicted octanol–water partition coefficient (Wildman–Crippen LogP) is 4.37. The fourth-order valence-electron chi connectivity index (χ4n) is 3.97. The molecule has 1 N–H and O–H groups in total. The van der Waals surface area contributed by atoms with Crippen molar-refractivity contribution in [3.05, 3.63) is 80.7 Å². The van der Waals surface area contributed by atoms with Gasteiger partial charge in [-0.25, -0.2) is 0 Å². The minimum absolute atomic E-state index is 0.00459. The number of nitrogens with zero attached hydrogens (tertiary/aromatic N) is 1. The first kappa shape index (κ1) is 22.5. The van der Waals surface area contributed by atoms with E-state index in [1.165, 1.54) is 11.6 Å². The molecule has 0 aliphatic carbocycles. The Morgan fingerprint density at radius 2 is 1.75 bits per heavy atom. The zero-order chi connectivity index (χ0) is 22.7. The van der Waals surface area contributed by atoms with Crippen LogP contribution < -0.4 is 10.7 Å². The lowest BCUT2D eigenvalue weighted by molar-refractivity contribution is 0.0161. The third-order valence-electron chi connectivity index (χ3n) is 5.84. The Bertz CT molecular complexity index is 1150. The maximum absolute atomic E-state index is 12.9. The van der Waals surface area contributed by atoms with Gasteiger partial charge in [-0.2, -0.15) is 0 Å². The van der Waals surface area contributed by atoms with Crippen LogP contribution in [0.4, 0.5) is 0 Å². The molecular weight excluding hydrogens is 428 g/mol. The Balaban J connectivity index is 1.54. The van der Waals surface area contributed by atoms with Crippen LogP contribution in [0.1, 0.15) is 47.5 Å². The summed E-state index contributed by atoms with van der Waals surface area (Å²) in [6.07, 6.45) is 0. The standard InChI is InChI=1S/C25H27ClN2O4/c1-16(2)17-3-5-18(6-4-17)21(28-9-11-31-12-10-28)15-27-25(30)24-14-22(29)20-13-19(26)7-8-23(20)32-24/h3-8,13-14,16,21H,9-12,15H2,1-2H3,(H,27,30)/t21-/m1/s1. The average Bonchev–Trinajstić information content (AvgIpc) is 2.80. The molecule has 0 saturated carbocycles. The zero-order valence-electron chi connectivity index (χ0n) is 18.3. The normalized spacial score (nSPS) is 15.8. The fourth-order valence-corrected chi connectivity index (χ4v) is 4.14. The van der Waals surface area contributed by atoms with Crippen LogP contribution in [0.2, 0.25) is 5.02 Å². The summed E-state index contributed by atoms with van der Waals surface area (Å²) in [5.41, 5.74) is 2.44. The van der Waals surface area contributed by atoms with E-state index in [-0.39, 0.29) is 17.2 Å². The Hall–Kier alpha value is -2.67. The summed E-state index contributed by atoms with van der Waals surface area (Å²) < 4.78 is 11.2. The van der Waals surface area contributed by atoms with Crippen molar-refractivity contribution in [1.29, 1.82) is 0 Å². The Kier molecular flexibility index (Phi) is 6.94. The molecule has 6 nitrogen and oxygen atoms in total. The summed E-state index contributed by atoms with van der Waals surface area (Å²) in [4.78, 5) is 27.6. The van der Waals surface area contributed by atoms with Crippen LogP contribution in [0.3, 0.4) is 0 Å². The summed E-state index contributed by atoms with van der Waals surface area (Å²) >= 11 is 5.96. The van der Waals surface area contributed by atoms with E-state index in [9.17, 15) is 9.59 Å². The number of fused-ring (bicyclic) bond motifs is 1. The molecule has 0 radical (unpaired) electrons. The van der Waals surface area contributed by atoms with Gasteiger partial charge in [-0.1, -0.05) is 49.7 Å². The minimum Gasteiger partial charge on any atom is -0.451 e. The predicted molar refractivity (Wildman–Crippen MR) is 125 cm³/mol. The molecule has 7 heteroatoms. The Morgan fingerprint density at radius 1 is 1.06 bits per heavy atom. The fraction of sp³-hybridized carbons (Fsp3) is 0.360. The van der Waals surface area contributed by atoms with Crippen molar-refractivity contribution in [1.82, 2.24) is 10.2 Å². The average molecular weight is 455 g/mol. The molecule has 3 aromatic rings. The summed E-state index contributed by atoms with van der Waals surface area (Å²) in [5, 5.41) is 3.75. The van der Waals surface area contributed by atoms with Crippen molar-refractivity contribution < 1.29 is 13.9 Å². The number of nitrogens with one attached hydrogen (secondary N) is 1. The molecule has 1 aromatic heterocycles. The summed E-state index contributed by atoms with van der Waals surface area (Å²) in [5.74, 6) is 0.0213. The van der Waals surface area contributed by atoms with Gasteiger partial charge in [0.2, 0.25) is 0 Å². The highest BCUT2D eigenvalue weighted by Gasteiger charge is 2.24. The number of hydrogen-bond acceptors (Lipinski definition) is 5. The first-order chi connectivity index (χ1) is 15.4. The molecular formula is C25H27ClN2O4. The van der Waals surface area contributed by atoms with Gasteiger partial charge >= 0.3 is 0 Å². The molecule has 1 amide bonds. The van der Waals surface area contributed by atoms with Crippen molar-refractivity contribution >= 4 is 28.5 Å². The molecule has 2 aromatic carbocycles. The van der Waals surface area contributed by atoms with E-state index in [0.717, 1.165) is 18.7 Å². The lowest BCUT2D eigenvalue weighted by atomic mass is 9.98. The van der Waals surface area contributed by atoms with E-state index < -0.39 is 5.91 Å². The van der Waals surface area contributed by atoms with Gasteiger partial charge in [-0.05, 0) is 35.2 Å². The molecule has 4 rings (SSSR count). The lowest BCUT2D eigenvalue weighted by Crippen LogP contribution is -2.43. The third-order valence-corrected chi connectivity index (χ3v) is 6.08. The maximum atomic E-state index is 12.9. The number of rotatable bonds is 6. The van der Waals surface area contributed by atoms with E-state index >= 15 is 0 Å². The molecule has 1 saturated heterocycles. The molecule has 168 valence electrons. The monoisotopic (exact) mass is 454 g/mol. The Morgan fingerprint density at radius 3 is 2.44 bits per heavy atom. The number of halogens is 1. The SMILES string of the molecule is CC(C)c1ccc([C@@H](CNC(=O)c2cc(=O)c3cc(Cl)ccc3o2)N2CCOCC2)cc1. The molecule has 1 atom stereocenters. The van der Waals surface area contributed by atoms with Gasteiger partial charge in [0, 0.05) is 30.7 Å². The van der Waals surface area contributed by atoms with Crippen molar-refractivity contribution in [2.45, 2.75) is 25.8 Å². The lowest BCUT2D eigenvalue weighted by Gasteiger charge is -2.35. The van der Waals surface area contributed by atoms with Gasteiger partial charge in [-0.15, -0.1) is 0 Å². The van der Waals surface area contributed by atoms with E-state index in [1.807, 2.05) is 0 Å². The highest BCUT2D eigenvalue weighted by atomic mass is 35.5. The highest BCUT2D eigenvalue weighted by Crippen LogP contribution is 2.24. The van der Waals surface area contributed by atoms with Crippen LogP contribution >= 0.6 is 11.6 Å². The van der Waals surface area contributed by atoms with Crippen molar-refractivity contribution in [2.24, 2.45) is 0 Å². The molecule has 32 heavy (non-hydrogen) atoms. The van der Waals surface area contributed by atoms with Gasteiger partial charge < -0.3 is 14.5 Å². The highest BCUT2D eigenvalue weighted by molar-refractivity contribution is 6.31. The van der Waals surface area contributed by atoms with Gasteiger partial charge in [0.05, 0.1) is 24.6 Å². The second-order valence-corrected chi connectivity index (χ2v) is 8.75. The topological polar surface area (TPSA) is 71.8 Å². The molecule has 0 unspecified atom stereocenters. The first-order valence-corrected chi connectivity index (χ1v) is 11.2. The summed E-state index contributed by atoms with van der Waals surface area (Å²) in [7, 11) is 0. The van der Waals surface area contributed by atoms with Gasteiger partial charge in [0.15, 0.2) is 11.2 Å². The van der Waals surface area contributed by atoms with E-state index in [2.05, 4.69) is 48.3 Å². The van der Waals surface area contributed by atoms with Crippen LogP contribution in [0.5, 0.6) is 0 Å². The quantitative estimate of drug-likeness (QED) is 0.598. The minimum atomic E-state index is -0.420. The maximum Gasteiger partial charge on any atom is 0.287 e. The molecule has 1 aliphatic heterocycles. The van der Waals surface area contributed by atoms with Crippen molar-refractivity contribution in [2.75, 3.05) is 32.8 Å². The smallest absolute Gasteiger partial charge is 0.287 e. The van der Waals surface area contributed by atoms with Gasteiger partial charge in [-0.3, -0.25) is 14.5 Å². The number of benzene rings is 2. The number of ether oxygens (including phenoxy) is 1. The van der Waals surface area contributed by atoms with Crippen molar-refractivity contribution in [3.63, 3.8) is 0 Å². The van der Waals surface area contributed by atoms with Crippen molar-refractivity contribution in [3.8, 4) is 0 Å². The van der Waals surface area contributed by atoms with Crippen LogP contribution in [0.25, 0.3) is 11.0 Å². The summed E-state index contributed by atoms with van der Waals surface area (Å²) in [6, 6.07) is 14.5. The largest absolute Gasteiger partial charge is 0.451 e. The van der Waals surface area contributed by atoms with Crippen LogP contribution in [-0.2, 0) is 4.74 Å². The molecule has 1 aliphatic rings. The molecule has 2 heterocycles. The van der Waals surface area contributed by atoms with Gasteiger partial charge in [0.1, 0.15) is 5.58 Å². The van der Waals surface area contributed by atoms with Crippen LogP contribution in [0.15, 0.2) is 57.7 Å². The zero-order valence-corrected chi connectivity index (χ0v) is 19.0. The van der Waals surface area contributed by atoms with Crippen LogP contribution in [-0.4, -0.2) is 43.7 Å².